The molecule has 84 valence electrons. The molecule has 0 N–H and O–H groups in total. The lowest BCUT2D eigenvalue weighted by Crippen LogP contribution is -1.99. The van der Waals surface area contributed by atoms with E-state index in [0.717, 1.165) is 17.7 Å². The number of aryl methyl sites for hydroxylation is 1. The molecule has 3 rings (SSSR count). The Morgan fingerprint density at radius 2 is 2.35 bits per heavy atom. The Balaban J connectivity index is 1.97. The SMILES string of the molecule is Cc1cc(-n2cc(C3CO3)cn2)ncc1C#N. The molecule has 0 saturated carbocycles. The van der Waals surface area contributed by atoms with Gasteiger partial charge in [-0.15, -0.1) is 0 Å². The van der Waals surface area contributed by atoms with Crippen molar-refractivity contribution in [2.24, 2.45) is 0 Å². The maximum Gasteiger partial charge on any atom is 0.153 e. The van der Waals surface area contributed by atoms with Crippen LogP contribution in [0.15, 0.2) is 24.7 Å². The van der Waals surface area contributed by atoms with Gasteiger partial charge in [0.1, 0.15) is 12.2 Å². The van der Waals surface area contributed by atoms with E-state index in [1.54, 1.807) is 17.1 Å². The Labute approximate surface area is 98.3 Å². The van der Waals surface area contributed by atoms with Crippen LogP contribution in [-0.4, -0.2) is 21.4 Å². The zero-order chi connectivity index (χ0) is 11.8. The van der Waals surface area contributed by atoms with E-state index in [1.165, 1.54) is 0 Å². The molecule has 1 aliphatic heterocycles. The van der Waals surface area contributed by atoms with Gasteiger partial charge in [-0.25, -0.2) is 9.67 Å². The summed E-state index contributed by atoms with van der Waals surface area (Å²) in [4.78, 5) is 4.21. The number of ether oxygens (including phenoxy) is 1. The molecule has 0 bridgehead atoms. The third kappa shape index (κ3) is 1.79. The Morgan fingerprint density at radius 3 is 3.00 bits per heavy atom. The molecular weight excluding hydrogens is 216 g/mol. The lowest BCUT2D eigenvalue weighted by molar-refractivity contribution is 0.415. The number of hydrogen-bond donors (Lipinski definition) is 0. The van der Waals surface area contributed by atoms with Crippen LogP contribution in [0.1, 0.15) is 22.8 Å². The second kappa shape index (κ2) is 3.68. The Hall–Kier alpha value is -2.19. The fourth-order valence-corrected chi connectivity index (χ4v) is 1.65. The van der Waals surface area contributed by atoms with Crippen LogP contribution in [0.5, 0.6) is 0 Å². The molecule has 1 unspecified atom stereocenters. The molecule has 0 amide bonds. The van der Waals surface area contributed by atoms with Crippen molar-refractivity contribution < 1.29 is 4.74 Å². The van der Waals surface area contributed by atoms with E-state index in [2.05, 4.69) is 16.2 Å². The molecule has 5 heteroatoms. The fourth-order valence-electron chi connectivity index (χ4n) is 1.65. The van der Waals surface area contributed by atoms with Gasteiger partial charge in [0.2, 0.25) is 0 Å². The topological polar surface area (TPSA) is 67.0 Å². The molecule has 0 radical (unpaired) electrons. The first-order valence-corrected chi connectivity index (χ1v) is 5.31. The van der Waals surface area contributed by atoms with E-state index in [0.29, 0.717) is 11.4 Å². The third-order valence-corrected chi connectivity index (χ3v) is 2.76. The molecule has 1 atom stereocenters. The standard InChI is InChI=1S/C12H10N4O/c1-8-2-12(14-4-9(8)3-13)16-6-10(5-15-16)11-7-17-11/h2,4-6,11H,7H2,1H3. The van der Waals surface area contributed by atoms with Crippen LogP contribution >= 0.6 is 0 Å². The van der Waals surface area contributed by atoms with Gasteiger partial charge in [-0.3, -0.25) is 0 Å². The van der Waals surface area contributed by atoms with Crippen molar-refractivity contribution in [1.29, 1.82) is 5.26 Å². The summed E-state index contributed by atoms with van der Waals surface area (Å²) >= 11 is 0. The molecule has 0 aromatic carbocycles. The van der Waals surface area contributed by atoms with Gasteiger partial charge in [0.15, 0.2) is 5.82 Å². The van der Waals surface area contributed by atoms with Crippen LogP contribution < -0.4 is 0 Å². The average Bonchev–Trinajstić information content (AvgIpc) is 3.07. The fraction of sp³-hybridized carbons (Fsp3) is 0.250. The van der Waals surface area contributed by atoms with E-state index in [4.69, 9.17) is 10.00 Å². The van der Waals surface area contributed by atoms with Crippen molar-refractivity contribution in [2.75, 3.05) is 6.61 Å². The summed E-state index contributed by atoms with van der Waals surface area (Å²) in [7, 11) is 0. The van der Waals surface area contributed by atoms with Crippen LogP contribution in [-0.2, 0) is 4.74 Å². The normalized spacial score (nSPS) is 17.8. The molecule has 1 saturated heterocycles. The van der Waals surface area contributed by atoms with E-state index in [1.807, 2.05) is 19.2 Å². The maximum absolute atomic E-state index is 8.84. The molecule has 0 aliphatic carbocycles. The molecule has 1 aliphatic rings. The van der Waals surface area contributed by atoms with Crippen molar-refractivity contribution in [3.8, 4) is 11.9 Å². The van der Waals surface area contributed by atoms with Gasteiger partial charge in [0.25, 0.3) is 0 Å². The molecule has 1 fully saturated rings. The highest BCUT2D eigenvalue weighted by atomic mass is 16.6. The number of rotatable bonds is 2. The second-order valence-electron chi connectivity index (χ2n) is 4.01. The molecule has 17 heavy (non-hydrogen) atoms. The summed E-state index contributed by atoms with van der Waals surface area (Å²) in [6, 6.07) is 3.95. The lowest BCUT2D eigenvalue weighted by Gasteiger charge is -2.02. The Bertz CT molecular complexity index is 607. The minimum atomic E-state index is 0.197. The van der Waals surface area contributed by atoms with Gasteiger partial charge in [-0.1, -0.05) is 0 Å². The van der Waals surface area contributed by atoms with Crippen molar-refractivity contribution in [1.82, 2.24) is 14.8 Å². The summed E-state index contributed by atoms with van der Waals surface area (Å²) in [6.07, 6.45) is 5.46. The highest BCUT2D eigenvalue weighted by Gasteiger charge is 2.26. The molecular formula is C12H10N4O. The lowest BCUT2D eigenvalue weighted by atomic mass is 10.2. The summed E-state index contributed by atoms with van der Waals surface area (Å²) < 4.78 is 6.89. The van der Waals surface area contributed by atoms with Crippen LogP contribution in [0.3, 0.4) is 0 Å². The summed E-state index contributed by atoms with van der Waals surface area (Å²) in [5, 5.41) is 13.1. The zero-order valence-corrected chi connectivity index (χ0v) is 9.29. The summed E-state index contributed by atoms with van der Waals surface area (Å²) in [5.41, 5.74) is 2.55. The van der Waals surface area contributed by atoms with E-state index in [-0.39, 0.29) is 6.10 Å². The van der Waals surface area contributed by atoms with E-state index < -0.39 is 0 Å². The smallest absolute Gasteiger partial charge is 0.153 e. The quantitative estimate of drug-likeness (QED) is 0.728. The van der Waals surface area contributed by atoms with E-state index >= 15 is 0 Å². The van der Waals surface area contributed by atoms with Crippen molar-refractivity contribution in [3.05, 3.63) is 41.3 Å². The first kappa shape index (κ1) is 10.00. The van der Waals surface area contributed by atoms with Gasteiger partial charge in [0, 0.05) is 18.0 Å². The van der Waals surface area contributed by atoms with Crippen LogP contribution in [0.25, 0.3) is 5.82 Å². The molecule has 5 nitrogen and oxygen atoms in total. The minimum absolute atomic E-state index is 0.197. The average molecular weight is 226 g/mol. The number of nitriles is 1. The van der Waals surface area contributed by atoms with Crippen LogP contribution in [0, 0.1) is 18.3 Å². The predicted octanol–water partition coefficient (Wildman–Crippen LogP) is 1.52. The van der Waals surface area contributed by atoms with Gasteiger partial charge in [0.05, 0.1) is 18.4 Å². The monoisotopic (exact) mass is 226 g/mol. The Morgan fingerprint density at radius 1 is 1.53 bits per heavy atom. The first-order chi connectivity index (χ1) is 8.28. The minimum Gasteiger partial charge on any atom is -0.368 e. The highest BCUT2D eigenvalue weighted by molar-refractivity contribution is 5.39. The summed E-state index contributed by atoms with van der Waals surface area (Å²) in [5.74, 6) is 0.716. The van der Waals surface area contributed by atoms with Gasteiger partial charge < -0.3 is 4.74 Å². The summed E-state index contributed by atoms with van der Waals surface area (Å²) in [6.45, 7) is 2.66. The molecule has 0 spiro atoms. The van der Waals surface area contributed by atoms with Crippen LogP contribution in [0.2, 0.25) is 0 Å². The molecule has 3 heterocycles. The molecule has 2 aromatic heterocycles. The van der Waals surface area contributed by atoms with Crippen molar-refractivity contribution in [2.45, 2.75) is 13.0 Å². The van der Waals surface area contributed by atoms with E-state index in [9.17, 15) is 0 Å². The largest absolute Gasteiger partial charge is 0.368 e. The highest BCUT2D eigenvalue weighted by Crippen LogP contribution is 2.29. The Kier molecular flexibility index (Phi) is 2.16. The number of epoxide rings is 1. The van der Waals surface area contributed by atoms with Gasteiger partial charge in [-0.2, -0.15) is 10.4 Å². The second-order valence-corrected chi connectivity index (χ2v) is 4.01. The van der Waals surface area contributed by atoms with Crippen molar-refractivity contribution in [3.63, 3.8) is 0 Å². The van der Waals surface area contributed by atoms with Gasteiger partial charge >= 0.3 is 0 Å². The predicted molar refractivity (Wildman–Crippen MR) is 59.5 cm³/mol. The van der Waals surface area contributed by atoms with Crippen molar-refractivity contribution >= 4 is 0 Å². The van der Waals surface area contributed by atoms with Crippen LogP contribution in [0.4, 0.5) is 0 Å². The van der Waals surface area contributed by atoms with Gasteiger partial charge in [-0.05, 0) is 18.6 Å². The number of nitrogens with zero attached hydrogens (tertiary/aromatic N) is 4. The zero-order valence-electron chi connectivity index (χ0n) is 9.29. The number of hydrogen-bond acceptors (Lipinski definition) is 4. The first-order valence-electron chi connectivity index (χ1n) is 5.31. The maximum atomic E-state index is 8.84. The third-order valence-electron chi connectivity index (χ3n) is 2.76. The number of pyridine rings is 1. The molecule has 2 aromatic rings. The number of aromatic nitrogens is 3.